The SMILES string of the molecule is CCOC(=O)Nc1cccc(Cn2nc(-c3ccc(C(=O)NCCCCN(C)C(=O)OC(C)(C)C)cc3)ccc2=O)c1. The number of carbonyl (C=O) groups is 3. The van der Waals surface area contributed by atoms with Crippen LogP contribution in [0, 0.1) is 0 Å². The van der Waals surface area contributed by atoms with Gasteiger partial charge in [0, 0.05) is 43.0 Å². The maximum absolute atomic E-state index is 12.6. The molecule has 224 valence electrons. The molecule has 0 aliphatic heterocycles. The number of rotatable bonds is 11. The first kappa shape index (κ1) is 31.9. The van der Waals surface area contributed by atoms with Crippen LogP contribution in [-0.2, 0) is 16.0 Å². The van der Waals surface area contributed by atoms with Gasteiger partial charge in [-0.05, 0) is 76.4 Å². The largest absolute Gasteiger partial charge is 0.450 e. The fourth-order valence-electron chi connectivity index (χ4n) is 3.92. The summed E-state index contributed by atoms with van der Waals surface area (Å²) in [6.07, 6.45) is 0.522. The zero-order chi connectivity index (χ0) is 30.7. The highest BCUT2D eigenvalue weighted by Gasteiger charge is 2.19. The first-order valence-corrected chi connectivity index (χ1v) is 13.9. The summed E-state index contributed by atoms with van der Waals surface area (Å²) in [5, 5.41) is 10.0. The molecule has 0 unspecified atom stereocenters. The molecule has 0 saturated heterocycles. The lowest BCUT2D eigenvalue weighted by molar-refractivity contribution is 0.0296. The Morgan fingerprint density at radius 1 is 1.00 bits per heavy atom. The number of ether oxygens (including phenoxy) is 2. The van der Waals surface area contributed by atoms with Crippen LogP contribution in [0.2, 0.25) is 0 Å². The van der Waals surface area contributed by atoms with Crippen molar-refractivity contribution < 1.29 is 23.9 Å². The van der Waals surface area contributed by atoms with E-state index in [1.54, 1.807) is 62.5 Å². The van der Waals surface area contributed by atoms with Gasteiger partial charge in [-0.15, -0.1) is 0 Å². The normalized spacial score (nSPS) is 11.0. The Bertz CT molecular complexity index is 1430. The highest BCUT2D eigenvalue weighted by Crippen LogP contribution is 2.17. The molecule has 1 aromatic heterocycles. The van der Waals surface area contributed by atoms with Crippen LogP contribution in [0.25, 0.3) is 11.3 Å². The van der Waals surface area contributed by atoms with Gasteiger partial charge >= 0.3 is 12.2 Å². The second-order valence-corrected chi connectivity index (χ2v) is 10.7. The van der Waals surface area contributed by atoms with Gasteiger partial charge in [-0.2, -0.15) is 5.10 Å². The smallest absolute Gasteiger partial charge is 0.411 e. The predicted molar refractivity (Wildman–Crippen MR) is 161 cm³/mol. The second kappa shape index (κ2) is 14.8. The standard InChI is InChI=1S/C31H39N5O6/c1-6-41-29(39)33-25-11-9-10-22(20-25)21-36-27(37)17-16-26(34-36)23-12-14-24(15-13-23)28(38)32-18-7-8-19-35(5)30(40)42-31(2,3)4/h9-17,20H,6-8,18-19,21H2,1-5H3,(H,32,38)(H,33,39). The third-order valence-corrected chi connectivity index (χ3v) is 6.00. The molecule has 2 N–H and O–H groups in total. The van der Waals surface area contributed by atoms with Crippen molar-refractivity contribution >= 4 is 23.8 Å². The van der Waals surface area contributed by atoms with E-state index in [1.807, 2.05) is 26.8 Å². The van der Waals surface area contributed by atoms with E-state index in [-0.39, 0.29) is 30.7 Å². The molecule has 0 aliphatic carbocycles. The van der Waals surface area contributed by atoms with E-state index in [0.717, 1.165) is 17.5 Å². The first-order chi connectivity index (χ1) is 19.9. The molecule has 2 aromatic carbocycles. The average Bonchev–Trinajstić information content (AvgIpc) is 2.93. The van der Waals surface area contributed by atoms with Crippen molar-refractivity contribution in [1.82, 2.24) is 20.0 Å². The Morgan fingerprint density at radius 2 is 1.74 bits per heavy atom. The highest BCUT2D eigenvalue weighted by molar-refractivity contribution is 5.94. The van der Waals surface area contributed by atoms with Crippen LogP contribution in [0.5, 0.6) is 0 Å². The van der Waals surface area contributed by atoms with Crippen LogP contribution < -0.4 is 16.2 Å². The number of carbonyl (C=O) groups excluding carboxylic acids is 3. The average molecular weight is 578 g/mol. The third-order valence-electron chi connectivity index (χ3n) is 6.00. The third kappa shape index (κ3) is 10.1. The molecule has 3 amide bonds. The molecule has 3 rings (SSSR count). The van der Waals surface area contributed by atoms with E-state index in [1.165, 1.54) is 15.6 Å². The van der Waals surface area contributed by atoms with Crippen molar-refractivity contribution in [3.8, 4) is 11.3 Å². The van der Waals surface area contributed by atoms with Crippen LogP contribution in [-0.4, -0.2) is 65.1 Å². The van der Waals surface area contributed by atoms with Crippen molar-refractivity contribution in [1.29, 1.82) is 0 Å². The molecule has 0 atom stereocenters. The molecule has 1 heterocycles. The molecular weight excluding hydrogens is 538 g/mol. The Hall–Kier alpha value is -4.67. The zero-order valence-electron chi connectivity index (χ0n) is 24.8. The minimum atomic E-state index is -0.549. The van der Waals surface area contributed by atoms with E-state index in [0.29, 0.717) is 36.5 Å². The van der Waals surface area contributed by atoms with E-state index in [4.69, 9.17) is 9.47 Å². The fourth-order valence-corrected chi connectivity index (χ4v) is 3.92. The summed E-state index contributed by atoms with van der Waals surface area (Å²) in [4.78, 5) is 50.4. The lowest BCUT2D eigenvalue weighted by Gasteiger charge is -2.24. The first-order valence-electron chi connectivity index (χ1n) is 13.9. The number of nitrogens with one attached hydrogen (secondary N) is 2. The Kier molecular flexibility index (Phi) is 11.2. The van der Waals surface area contributed by atoms with Gasteiger partial charge in [-0.3, -0.25) is 14.9 Å². The number of anilines is 1. The summed E-state index contributed by atoms with van der Waals surface area (Å²) in [6, 6.07) is 17.2. The fraction of sp³-hybridized carbons (Fsp3) is 0.387. The zero-order valence-corrected chi connectivity index (χ0v) is 24.8. The van der Waals surface area contributed by atoms with E-state index < -0.39 is 11.7 Å². The monoisotopic (exact) mass is 577 g/mol. The summed E-state index contributed by atoms with van der Waals surface area (Å²) < 4.78 is 11.6. The number of benzene rings is 2. The summed E-state index contributed by atoms with van der Waals surface area (Å²) >= 11 is 0. The van der Waals surface area contributed by atoms with Crippen molar-refractivity contribution in [2.24, 2.45) is 0 Å². The number of hydrogen-bond donors (Lipinski definition) is 2. The van der Waals surface area contributed by atoms with Crippen LogP contribution in [0.3, 0.4) is 0 Å². The van der Waals surface area contributed by atoms with Gasteiger partial charge in [-0.1, -0.05) is 24.3 Å². The lowest BCUT2D eigenvalue weighted by Crippen LogP contribution is -2.35. The number of amides is 3. The van der Waals surface area contributed by atoms with E-state index in [9.17, 15) is 19.2 Å². The summed E-state index contributed by atoms with van der Waals surface area (Å²) in [5.41, 5.74) is 2.36. The maximum atomic E-state index is 12.6. The minimum Gasteiger partial charge on any atom is -0.450 e. The summed E-state index contributed by atoms with van der Waals surface area (Å²) in [7, 11) is 1.69. The van der Waals surface area contributed by atoms with Crippen molar-refractivity contribution in [3.05, 3.63) is 82.1 Å². The predicted octanol–water partition coefficient (Wildman–Crippen LogP) is 4.90. The van der Waals surface area contributed by atoms with Crippen molar-refractivity contribution in [2.75, 3.05) is 32.1 Å². The molecule has 3 aromatic rings. The minimum absolute atomic E-state index is 0.198. The van der Waals surface area contributed by atoms with Crippen LogP contribution in [0.1, 0.15) is 56.5 Å². The molecular formula is C31H39N5O6. The Labute approximate surface area is 245 Å². The molecule has 11 nitrogen and oxygen atoms in total. The highest BCUT2D eigenvalue weighted by atomic mass is 16.6. The number of nitrogens with zero attached hydrogens (tertiary/aromatic N) is 3. The number of aromatic nitrogens is 2. The molecule has 0 aliphatic rings. The molecule has 11 heteroatoms. The summed E-state index contributed by atoms with van der Waals surface area (Å²) in [5.74, 6) is -0.198. The molecule has 0 radical (unpaired) electrons. The Morgan fingerprint density at radius 3 is 2.43 bits per heavy atom. The molecule has 0 saturated carbocycles. The van der Waals surface area contributed by atoms with Crippen LogP contribution in [0.15, 0.2) is 65.5 Å². The quantitative estimate of drug-likeness (QED) is 0.310. The topological polar surface area (TPSA) is 132 Å². The molecule has 0 bridgehead atoms. The Balaban J connectivity index is 1.54. The van der Waals surface area contributed by atoms with Crippen molar-refractivity contribution in [3.63, 3.8) is 0 Å². The number of hydrogen-bond acceptors (Lipinski definition) is 7. The van der Waals surface area contributed by atoms with Crippen LogP contribution >= 0.6 is 0 Å². The number of unbranched alkanes of at least 4 members (excludes halogenated alkanes) is 1. The van der Waals surface area contributed by atoms with Gasteiger partial charge in [-0.25, -0.2) is 14.3 Å². The van der Waals surface area contributed by atoms with Crippen molar-refractivity contribution in [2.45, 2.75) is 52.7 Å². The lowest BCUT2D eigenvalue weighted by atomic mass is 10.1. The van der Waals surface area contributed by atoms with E-state index in [2.05, 4.69) is 15.7 Å². The van der Waals surface area contributed by atoms with Crippen LogP contribution in [0.4, 0.5) is 15.3 Å². The maximum Gasteiger partial charge on any atom is 0.411 e. The van der Waals surface area contributed by atoms with Gasteiger partial charge in [0.25, 0.3) is 11.5 Å². The van der Waals surface area contributed by atoms with Gasteiger partial charge in [0.1, 0.15) is 5.60 Å². The van der Waals surface area contributed by atoms with Gasteiger partial charge in [0.15, 0.2) is 0 Å². The molecule has 0 spiro atoms. The van der Waals surface area contributed by atoms with E-state index >= 15 is 0 Å². The van der Waals surface area contributed by atoms with Gasteiger partial charge in [0.2, 0.25) is 0 Å². The summed E-state index contributed by atoms with van der Waals surface area (Å²) in [6.45, 7) is 8.68. The van der Waals surface area contributed by atoms with Gasteiger partial charge in [0.05, 0.1) is 18.8 Å². The molecule has 42 heavy (non-hydrogen) atoms. The second-order valence-electron chi connectivity index (χ2n) is 10.7. The molecule has 0 fully saturated rings. The van der Waals surface area contributed by atoms with Gasteiger partial charge < -0.3 is 19.7 Å².